The Bertz CT molecular complexity index is 8220. The molecule has 25 rings (SSSR count). The van der Waals surface area contributed by atoms with Gasteiger partial charge in [0.2, 0.25) is 0 Å². The molecule has 0 fully saturated rings. The van der Waals surface area contributed by atoms with Gasteiger partial charge in [-0.05, 0) is 122 Å². The first-order chi connectivity index (χ1) is 66.8. The standard InChI is InChI=1S/C50H35N7.C40H32N2.C34H28N2/c1-2-57-43-29-16-15-26-41(43)42-28-17-27-40(44(42)57)37-30-38(49-53-45(33-18-7-3-8-19-33)51-46(54-49)34-20-9-4-10-21-34)32-39(31-37)50-55-47(35-22-11-5-12-23-35)52-48(56-50)36-24-13-6-14-25-36;1-3-41-37-17-7-5-11-33(37)35-15-9-13-31(39(35)41)29-23-19-27(20-24-29)28-21-25-30(26-22-28)32-14-10-16-36-34-12-6-8-18-38(34)42(4-2)40(32)36;1-3-35-31-17-7-5-11-27(31)29-15-9-13-25(33(29)35)23-19-21-24(22-20-23)26-14-10-16-30-28-12-6-8-18-32(28)36(4-2)34(26)30/h3-32H,2H2,1H3;5-26H,3-4H2,1-2H3;5-22H,3-4H2,1-2H3. The summed E-state index contributed by atoms with van der Waals surface area (Å²) in [7, 11) is 0. The lowest BCUT2D eigenvalue weighted by atomic mass is 9.96. The number of aromatic nitrogens is 11. The Kier molecular flexibility index (Phi) is 21.6. The van der Waals surface area contributed by atoms with Crippen LogP contribution in [0.1, 0.15) is 34.6 Å². The Labute approximate surface area is 783 Å². The van der Waals surface area contributed by atoms with Crippen LogP contribution in [0, 0.1) is 0 Å². The zero-order valence-electron chi connectivity index (χ0n) is 75.9. The van der Waals surface area contributed by atoms with E-state index in [1.165, 1.54) is 165 Å². The summed E-state index contributed by atoms with van der Waals surface area (Å²) in [6.45, 7) is 15.7. The van der Waals surface area contributed by atoms with E-state index < -0.39 is 0 Å². The molecule has 7 aromatic heterocycles. The van der Waals surface area contributed by atoms with Gasteiger partial charge in [-0.15, -0.1) is 0 Å². The lowest BCUT2D eigenvalue weighted by molar-refractivity contribution is 0.827. The average Bonchev–Trinajstić information content (AvgIpc) is 1.63. The molecule has 0 saturated carbocycles. The highest BCUT2D eigenvalue weighted by Crippen LogP contribution is 2.46. The van der Waals surface area contributed by atoms with Gasteiger partial charge in [0.1, 0.15) is 0 Å². The highest BCUT2D eigenvalue weighted by molar-refractivity contribution is 6.18. The van der Waals surface area contributed by atoms with Crippen LogP contribution >= 0.6 is 0 Å². The van der Waals surface area contributed by atoms with Crippen LogP contribution in [0.15, 0.2) is 425 Å². The molecule has 0 spiro atoms. The van der Waals surface area contributed by atoms with E-state index in [2.05, 4.69) is 361 Å². The summed E-state index contributed by atoms with van der Waals surface area (Å²) in [6, 6.07) is 151. The van der Waals surface area contributed by atoms with Gasteiger partial charge in [-0.1, -0.05) is 376 Å². The summed E-state index contributed by atoms with van der Waals surface area (Å²) in [5.74, 6) is 3.48. The first kappa shape index (κ1) is 82.4. The fraction of sp³-hybridized carbons (Fsp3) is 0.0806. The molecule has 0 bridgehead atoms. The quantitative estimate of drug-likeness (QED) is 0.0900. The van der Waals surface area contributed by atoms with Gasteiger partial charge in [0.15, 0.2) is 34.9 Å². The number of aryl methyl sites for hydroxylation is 5. The van der Waals surface area contributed by atoms with E-state index in [9.17, 15) is 0 Å². The second kappa shape index (κ2) is 35.4. The van der Waals surface area contributed by atoms with Crippen molar-refractivity contribution in [1.82, 2.24) is 52.7 Å². The van der Waals surface area contributed by atoms with Crippen LogP contribution in [0.3, 0.4) is 0 Å². The van der Waals surface area contributed by atoms with Gasteiger partial charge in [0.25, 0.3) is 0 Å². The van der Waals surface area contributed by atoms with E-state index in [0.717, 1.165) is 77.2 Å². The molecular weight excluding hydrogens is 1640 g/mol. The third-order valence-electron chi connectivity index (χ3n) is 26.9. The van der Waals surface area contributed by atoms with Gasteiger partial charge >= 0.3 is 0 Å². The molecule has 0 atom stereocenters. The van der Waals surface area contributed by atoms with E-state index in [-0.39, 0.29) is 0 Å². The van der Waals surface area contributed by atoms with Crippen LogP contribution in [0.4, 0.5) is 0 Å². The van der Waals surface area contributed by atoms with Gasteiger partial charge in [-0.25, -0.2) is 29.9 Å². The molecule has 0 aliphatic rings. The van der Waals surface area contributed by atoms with Crippen molar-refractivity contribution < 1.29 is 0 Å². The first-order valence-corrected chi connectivity index (χ1v) is 47.0. The SMILES string of the molecule is CCn1c2ccccc2c2cccc(-c3cc(-c4nc(-c5ccccc5)nc(-c5ccccc5)n4)cc(-c4nc(-c5ccccc5)nc(-c5ccccc5)n4)c3)c21.CCn1c2ccccc2c2cccc(-c3ccc(-c4ccc(-c5cccc6c7ccccc7n(CC)c56)cc4)cc3)c21.CCn1c2ccccc2c2cccc(-c3ccc(-c4cccc5c6ccccc6n(CC)c45)cc3)c21. The van der Waals surface area contributed by atoms with Gasteiger partial charge in [-0.2, -0.15) is 0 Å². The number of hydrogen-bond donors (Lipinski definition) is 0. The monoisotopic (exact) mass is 1740 g/mol. The van der Waals surface area contributed by atoms with Crippen LogP contribution in [0.2, 0.25) is 0 Å². The van der Waals surface area contributed by atoms with Crippen LogP contribution in [0.25, 0.3) is 244 Å². The van der Waals surface area contributed by atoms with Gasteiger partial charge < -0.3 is 22.8 Å². The number of nitrogens with zero attached hydrogens (tertiary/aromatic N) is 11. The fourth-order valence-corrected chi connectivity index (χ4v) is 20.8. The minimum absolute atomic E-state index is 0.551. The Morgan fingerprint density at radius 1 is 0.141 bits per heavy atom. The zero-order valence-corrected chi connectivity index (χ0v) is 75.9. The summed E-state index contributed by atoms with van der Waals surface area (Å²) < 4.78 is 12.2. The summed E-state index contributed by atoms with van der Waals surface area (Å²) in [6.07, 6.45) is 0. The minimum Gasteiger partial charge on any atom is -0.340 e. The second-order valence-corrected chi connectivity index (χ2v) is 34.4. The van der Waals surface area contributed by atoms with Crippen molar-refractivity contribution in [3.63, 3.8) is 0 Å². The van der Waals surface area contributed by atoms with Crippen molar-refractivity contribution in [2.24, 2.45) is 0 Å². The van der Waals surface area contributed by atoms with Gasteiger partial charge in [-0.3, -0.25) is 0 Å². The topological polar surface area (TPSA) is 102 Å². The predicted octanol–water partition coefficient (Wildman–Crippen LogP) is 32.1. The van der Waals surface area contributed by atoms with Gasteiger partial charge in [0, 0.05) is 175 Å². The number of hydrogen-bond acceptors (Lipinski definition) is 6. The van der Waals surface area contributed by atoms with E-state index in [1.807, 2.05) is 121 Å². The Hall–Kier alpha value is -17.0. The third kappa shape index (κ3) is 14.7. The lowest BCUT2D eigenvalue weighted by Crippen LogP contribution is -2.02. The normalized spacial score (nSPS) is 11.6. The number of benzene rings is 18. The van der Waals surface area contributed by atoms with Crippen molar-refractivity contribution in [3.8, 4) is 135 Å². The van der Waals surface area contributed by atoms with Crippen LogP contribution < -0.4 is 0 Å². The molecule has 7 heterocycles. The lowest BCUT2D eigenvalue weighted by Gasteiger charge is -2.14. The highest BCUT2D eigenvalue weighted by Gasteiger charge is 2.25. The maximum atomic E-state index is 5.15. The summed E-state index contributed by atoms with van der Waals surface area (Å²) in [4.78, 5) is 30.6. The molecule has 0 N–H and O–H groups in total. The van der Waals surface area contributed by atoms with Crippen LogP contribution in [0.5, 0.6) is 0 Å². The number of fused-ring (bicyclic) bond motifs is 15. The number of rotatable bonds is 17. The van der Waals surface area contributed by atoms with E-state index in [4.69, 9.17) is 29.9 Å². The van der Waals surface area contributed by atoms with Crippen LogP contribution in [-0.2, 0) is 32.7 Å². The number of para-hydroxylation sites is 10. The van der Waals surface area contributed by atoms with Crippen molar-refractivity contribution >= 4 is 109 Å². The zero-order chi connectivity index (χ0) is 90.6. The molecule has 135 heavy (non-hydrogen) atoms. The summed E-state index contributed by atoms with van der Waals surface area (Å²) in [5, 5.41) is 13.0. The molecule has 25 aromatic rings. The summed E-state index contributed by atoms with van der Waals surface area (Å²) >= 11 is 0. The highest BCUT2D eigenvalue weighted by atomic mass is 15.1. The van der Waals surface area contributed by atoms with Crippen molar-refractivity contribution in [2.45, 2.75) is 67.3 Å². The maximum absolute atomic E-state index is 5.15. The molecule has 18 aromatic carbocycles. The maximum Gasteiger partial charge on any atom is 0.164 e. The Morgan fingerprint density at radius 3 is 0.526 bits per heavy atom. The van der Waals surface area contributed by atoms with Crippen molar-refractivity contribution in [2.75, 3.05) is 0 Å². The molecule has 11 nitrogen and oxygen atoms in total. The fourth-order valence-electron chi connectivity index (χ4n) is 20.8. The Morgan fingerprint density at radius 2 is 0.311 bits per heavy atom. The Balaban J connectivity index is 0.000000118. The largest absolute Gasteiger partial charge is 0.340 e. The molecule has 0 unspecified atom stereocenters. The summed E-state index contributed by atoms with van der Waals surface area (Å²) in [5.41, 5.74) is 32.8. The van der Waals surface area contributed by atoms with E-state index >= 15 is 0 Å². The molecule has 0 saturated heterocycles. The second-order valence-electron chi connectivity index (χ2n) is 34.4. The molecule has 0 aliphatic heterocycles. The van der Waals surface area contributed by atoms with E-state index in [1.54, 1.807) is 0 Å². The first-order valence-electron chi connectivity index (χ1n) is 47.0. The van der Waals surface area contributed by atoms with E-state index in [0.29, 0.717) is 34.9 Å². The molecule has 0 radical (unpaired) electrons. The van der Waals surface area contributed by atoms with Gasteiger partial charge in [0.05, 0.1) is 27.6 Å². The van der Waals surface area contributed by atoms with Crippen molar-refractivity contribution in [1.29, 1.82) is 0 Å². The smallest absolute Gasteiger partial charge is 0.164 e. The van der Waals surface area contributed by atoms with Crippen LogP contribution in [-0.4, -0.2) is 52.7 Å². The van der Waals surface area contributed by atoms with Crippen molar-refractivity contribution in [3.05, 3.63) is 425 Å². The molecule has 11 heteroatoms. The minimum atomic E-state index is 0.551. The molecular formula is C124H95N11. The predicted molar refractivity (Wildman–Crippen MR) is 565 cm³/mol. The molecule has 0 aliphatic carbocycles. The average molecular weight is 1740 g/mol. The third-order valence-corrected chi connectivity index (χ3v) is 26.9. The molecule has 0 amide bonds. The molecule has 646 valence electrons.